The third kappa shape index (κ3) is 5.71. The van der Waals surface area contributed by atoms with Gasteiger partial charge in [-0.15, -0.1) is 0 Å². The first-order valence-corrected chi connectivity index (χ1v) is 5.20. The van der Waals surface area contributed by atoms with Crippen molar-refractivity contribution in [1.29, 1.82) is 0 Å². The molecule has 1 amide bonds. The topological polar surface area (TPSA) is 75.8 Å². The summed E-state index contributed by atoms with van der Waals surface area (Å²) in [5.74, 6) is -0.132. The average Bonchev–Trinajstić information content (AvgIpc) is 2.17. The number of hydrogen-bond acceptors (Lipinski definition) is 4. The van der Waals surface area contributed by atoms with Gasteiger partial charge in [-0.1, -0.05) is 13.3 Å². The lowest BCUT2D eigenvalue weighted by Gasteiger charge is -2.23. The van der Waals surface area contributed by atoms with Crippen LogP contribution in [-0.4, -0.2) is 55.4 Å². The molecule has 5 heteroatoms. The third-order valence-corrected chi connectivity index (χ3v) is 2.14. The van der Waals surface area contributed by atoms with Gasteiger partial charge in [-0.25, -0.2) is 0 Å². The SMILES string of the molecule is CCC[C@H](N)C(=O)N(C)CC(O)COC. The lowest BCUT2D eigenvalue weighted by atomic mass is 10.1. The molecule has 1 unspecified atom stereocenters. The van der Waals surface area contributed by atoms with Crippen molar-refractivity contribution in [2.45, 2.75) is 31.9 Å². The number of aliphatic hydroxyl groups excluding tert-OH is 1. The molecule has 0 saturated carbocycles. The summed E-state index contributed by atoms with van der Waals surface area (Å²) in [7, 11) is 3.14. The van der Waals surface area contributed by atoms with Gasteiger partial charge in [0, 0.05) is 20.7 Å². The van der Waals surface area contributed by atoms with E-state index in [1.54, 1.807) is 7.05 Å². The fourth-order valence-electron chi connectivity index (χ4n) is 1.37. The van der Waals surface area contributed by atoms with Crippen LogP contribution in [0, 0.1) is 0 Å². The number of amides is 1. The van der Waals surface area contributed by atoms with Crippen molar-refractivity contribution >= 4 is 5.91 Å². The third-order valence-electron chi connectivity index (χ3n) is 2.14. The highest BCUT2D eigenvalue weighted by Crippen LogP contribution is 1.99. The number of nitrogens with zero attached hydrogens (tertiary/aromatic N) is 1. The molecule has 0 aliphatic rings. The Morgan fingerprint density at radius 3 is 2.67 bits per heavy atom. The van der Waals surface area contributed by atoms with Crippen LogP contribution in [0.4, 0.5) is 0 Å². The van der Waals surface area contributed by atoms with Crippen molar-refractivity contribution in [2.24, 2.45) is 5.73 Å². The summed E-state index contributed by atoms with van der Waals surface area (Å²) in [5, 5.41) is 9.42. The summed E-state index contributed by atoms with van der Waals surface area (Å²) in [4.78, 5) is 13.1. The fraction of sp³-hybridized carbons (Fsp3) is 0.900. The van der Waals surface area contributed by atoms with Crippen molar-refractivity contribution in [2.75, 3.05) is 27.3 Å². The molecule has 0 heterocycles. The number of likely N-dealkylation sites (N-methyl/N-ethyl adjacent to an activating group) is 1. The van der Waals surface area contributed by atoms with Crippen LogP contribution >= 0.6 is 0 Å². The summed E-state index contributed by atoms with van der Waals surface area (Å²) >= 11 is 0. The lowest BCUT2D eigenvalue weighted by Crippen LogP contribution is -2.45. The Balaban J connectivity index is 3.97. The number of hydrogen-bond donors (Lipinski definition) is 2. The van der Waals surface area contributed by atoms with Crippen molar-refractivity contribution in [3.8, 4) is 0 Å². The zero-order valence-electron chi connectivity index (χ0n) is 9.77. The molecular formula is C10H22N2O3. The Hall–Kier alpha value is -0.650. The molecule has 0 aromatic rings. The smallest absolute Gasteiger partial charge is 0.239 e. The predicted molar refractivity (Wildman–Crippen MR) is 58.4 cm³/mol. The van der Waals surface area contributed by atoms with Crippen LogP contribution in [0.5, 0.6) is 0 Å². The fourth-order valence-corrected chi connectivity index (χ4v) is 1.37. The number of methoxy groups -OCH3 is 1. The van der Waals surface area contributed by atoms with Gasteiger partial charge in [-0.3, -0.25) is 4.79 Å². The highest BCUT2D eigenvalue weighted by molar-refractivity contribution is 5.81. The van der Waals surface area contributed by atoms with Crippen molar-refractivity contribution < 1.29 is 14.6 Å². The van der Waals surface area contributed by atoms with Gasteiger partial charge < -0.3 is 20.5 Å². The quantitative estimate of drug-likeness (QED) is 0.608. The molecule has 90 valence electrons. The van der Waals surface area contributed by atoms with E-state index in [2.05, 4.69) is 0 Å². The second-order valence-electron chi connectivity index (χ2n) is 3.72. The van der Waals surface area contributed by atoms with E-state index in [0.717, 1.165) is 6.42 Å². The molecule has 0 spiro atoms. The van der Waals surface area contributed by atoms with Gasteiger partial charge in [-0.2, -0.15) is 0 Å². The second-order valence-corrected chi connectivity index (χ2v) is 3.72. The van der Waals surface area contributed by atoms with Crippen molar-refractivity contribution in [1.82, 2.24) is 4.90 Å². The van der Waals surface area contributed by atoms with Gasteiger partial charge >= 0.3 is 0 Å². The van der Waals surface area contributed by atoms with Gasteiger partial charge in [0.1, 0.15) is 0 Å². The molecule has 0 aromatic heterocycles. The van der Waals surface area contributed by atoms with Crippen LogP contribution in [0.3, 0.4) is 0 Å². The standard InChI is InChI=1S/C10H22N2O3/c1-4-5-9(11)10(14)12(2)6-8(13)7-15-3/h8-9,13H,4-7,11H2,1-3H3/t8?,9-/m0/s1. The van der Waals surface area contributed by atoms with E-state index >= 15 is 0 Å². The minimum absolute atomic E-state index is 0.132. The first-order chi connectivity index (χ1) is 7.02. The second kappa shape index (κ2) is 7.62. The van der Waals surface area contributed by atoms with Gasteiger partial charge in [0.25, 0.3) is 0 Å². The Kier molecular flexibility index (Phi) is 7.29. The molecule has 0 fully saturated rings. The highest BCUT2D eigenvalue weighted by Gasteiger charge is 2.19. The summed E-state index contributed by atoms with van der Waals surface area (Å²) < 4.78 is 4.77. The molecule has 0 radical (unpaired) electrons. The monoisotopic (exact) mass is 218 g/mol. The summed E-state index contributed by atoms with van der Waals surface area (Å²) in [6.45, 7) is 2.46. The van der Waals surface area contributed by atoms with Crippen molar-refractivity contribution in [3.63, 3.8) is 0 Å². The number of carbonyl (C=O) groups is 1. The largest absolute Gasteiger partial charge is 0.389 e. The van der Waals surface area contributed by atoms with Crippen LogP contribution in [0.25, 0.3) is 0 Å². The number of ether oxygens (including phenoxy) is 1. The van der Waals surface area contributed by atoms with Crippen LogP contribution < -0.4 is 5.73 Å². The molecule has 0 aliphatic heterocycles. The molecule has 0 rings (SSSR count). The number of rotatable bonds is 7. The van der Waals surface area contributed by atoms with Crippen LogP contribution in [0.15, 0.2) is 0 Å². The Bertz CT molecular complexity index is 188. The molecule has 0 aliphatic carbocycles. The maximum absolute atomic E-state index is 11.6. The zero-order chi connectivity index (χ0) is 11.8. The maximum Gasteiger partial charge on any atom is 0.239 e. The van der Waals surface area contributed by atoms with Crippen LogP contribution in [0.2, 0.25) is 0 Å². The van der Waals surface area contributed by atoms with E-state index in [4.69, 9.17) is 10.5 Å². The zero-order valence-corrected chi connectivity index (χ0v) is 9.77. The maximum atomic E-state index is 11.6. The van der Waals surface area contributed by atoms with Crippen LogP contribution in [0.1, 0.15) is 19.8 Å². The molecule has 2 atom stereocenters. The van der Waals surface area contributed by atoms with Gasteiger partial charge in [0.2, 0.25) is 5.91 Å². The van der Waals surface area contributed by atoms with E-state index < -0.39 is 12.1 Å². The number of nitrogens with two attached hydrogens (primary N) is 1. The van der Waals surface area contributed by atoms with E-state index in [1.165, 1.54) is 12.0 Å². The Morgan fingerprint density at radius 2 is 2.20 bits per heavy atom. The van der Waals surface area contributed by atoms with Crippen LogP contribution in [-0.2, 0) is 9.53 Å². The first-order valence-electron chi connectivity index (χ1n) is 5.20. The summed E-state index contributed by atoms with van der Waals surface area (Å²) in [5.41, 5.74) is 5.67. The molecule has 15 heavy (non-hydrogen) atoms. The van der Waals surface area contributed by atoms with Crippen molar-refractivity contribution in [3.05, 3.63) is 0 Å². The minimum atomic E-state index is -0.655. The molecule has 0 aromatic carbocycles. The number of aliphatic hydroxyl groups is 1. The highest BCUT2D eigenvalue weighted by atomic mass is 16.5. The predicted octanol–water partition coefficient (Wildman–Crippen LogP) is -0.420. The molecule has 0 bridgehead atoms. The van der Waals surface area contributed by atoms with Gasteiger partial charge in [0.15, 0.2) is 0 Å². The first kappa shape index (κ1) is 14.3. The van der Waals surface area contributed by atoms with E-state index in [9.17, 15) is 9.90 Å². The summed E-state index contributed by atoms with van der Waals surface area (Å²) in [6.07, 6.45) is 0.892. The van der Waals surface area contributed by atoms with Gasteiger partial charge in [-0.05, 0) is 6.42 Å². The molecule has 3 N–H and O–H groups in total. The average molecular weight is 218 g/mol. The normalized spacial score (nSPS) is 14.7. The van der Waals surface area contributed by atoms with Gasteiger partial charge in [0.05, 0.1) is 18.8 Å². The Labute approximate surface area is 91.2 Å². The molecule has 0 saturated heterocycles. The van der Waals surface area contributed by atoms with E-state index in [-0.39, 0.29) is 19.1 Å². The summed E-state index contributed by atoms with van der Waals surface area (Å²) in [6, 6.07) is -0.463. The van der Waals surface area contributed by atoms with E-state index in [1.807, 2.05) is 6.92 Å². The molecule has 5 nitrogen and oxygen atoms in total. The molecular weight excluding hydrogens is 196 g/mol. The number of carbonyl (C=O) groups excluding carboxylic acids is 1. The Morgan fingerprint density at radius 1 is 1.60 bits per heavy atom. The lowest BCUT2D eigenvalue weighted by molar-refractivity contribution is -0.133. The minimum Gasteiger partial charge on any atom is -0.389 e. The van der Waals surface area contributed by atoms with E-state index in [0.29, 0.717) is 6.42 Å².